The Hall–Kier alpha value is -3.41. The molecule has 0 aliphatic carbocycles. The lowest BCUT2D eigenvalue weighted by Gasteiger charge is -2.20. The number of para-hydroxylation sites is 1. The zero-order chi connectivity index (χ0) is 17.8. The number of carbonyl (C=O) groups excluding carboxylic acids is 1. The van der Waals surface area contributed by atoms with Crippen LogP contribution in [-0.2, 0) is 11.3 Å². The van der Waals surface area contributed by atoms with Crippen molar-refractivity contribution in [3.05, 3.63) is 71.9 Å². The molecule has 0 saturated heterocycles. The van der Waals surface area contributed by atoms with Crippen LogP contribution in [0.1, 0.15) is 15.9 Å². The Kier molecular flexibility index (Phi) is 4.61. The molecule has 1 heterocycles. The third kappa shape index (κ3) is 3.42. The SMILES string of the molecule is CN(C(=O)OCc1ccccc1)c1c(C(=O)O)cnc2ccccc12. The van der Waals surface area contributed by atoms with Gasteiger partial charge in [-0.2, -0.15) is 0 Å². The summed E-state index contributed by atoms with van der Waals surface area (Å²) in [7, 11) is 1.49. The first-order valence-corrected chi connectivity index (χ1v) is 7.63. The maximum Gasteiger partial charge on any atom is 0.414 e. The Balaban J connectivity index is 1.92. The molecular weight excluding hydrogens is 320 g/mol. The minimum atomic E-state index is -1.16. The highest BCUT2D eigenvalue weighted by Gasteiger charge is 2.22. The van der Waals surface area contributed by atoms with E-state index >= 15 is 0 Å². The number of carbonyl (C=O) groups is 2. The van der Waals surface area contributed by atoms with Crippen LogP contribution in [0.2, 0.25) is 0 Å². The van der Waals surface area contributed by atoms with Gasteiger partial charge in [0.25, 0.3) is 0 Å². The first kappa shape index (κ1) is 16.4. The van der Waals surface area contributed by atoms with Crippen molar-refractivity contribution < 1.29 is 19.4 Å². The van der Waals surface area contributed by atoms with Crippen LogP contribution in [0.4, 0.5) is 10.5 Å². The molecule has 1 aromatic heterocycles. The van der Waals surface area contributed by atoms with Crippen LogP contribution in [0.25, 0.3) is 10.9 Å². The van der Waals surface area contributed by atoms with Crippen molar-refractivity contribution in [3.63, 3.8) is 0 Å². The van der Waals surface area contributed by atoms with E-state index in [0.29, 0.717) is 10.9 Å². The maximum atomic E-state index is 12.4. The molecule has 0 saturated carbocycles. The number of hydrogen-bond acceptors (Lipinski definition) is 4. The van der Waals surface area contributed by atoms with Crippen molar-refractivity contribution in [2.24, 2.45) is 0 Å². The van der Waals surface area contributed by atoms with Gasteiger partial charge in [-0.1, -0.05) is 48.5 Å². The Morgan fingerprint density at radius 2 is 1.76 bits per heavy atom. The van der Waals surface area contributed by atoms with E-state index in [0.717, 1.165) is 5.56 Å². The fraction of sp³-hybridized carbons (Fsp3) is 0.105. The van der Waals surface area contributed by atoms with Crippen molar-refractivity contribution in [1.82, 2.24) is 4.98 Å². The number of aromatic carboxylic acids is 1. The Bertz CT molecular complexity index is 925. The molecule has 0 fully saturated rings. The average molecular weight is 336 g/mol. The van der Waals surface area contributed by atoms with E-state index in [1.54, 1.807) is 24.3 Å². The molecule has 0 radical (unpaired) electrons. The summed E-state index contributed by atoms with van der Waals surface area (Å²) in [6, 6.07) is 16.3. The van der Waals surface area contributed by atoms with Gasteiger partial charge in [-0.3, -0.25) is 9.88 Å². The summed E-state index contributed by atoms with van der Waals surface area (Å²) in [6.45, 7) is 0.107. The molecule has 0 spiro atoms. The van der Waals surface area contributed by atoms with Gasteiger partial charge in [-0.05, 0) is 11.6 Å². The third-order valence-electron chi connectivity index (χ3n) is 3.79. The van der Waals surface area contributed by atoms with Gasteiger partial charge in [0.15, 0.2) is 0 Å². The minimum absolute atomic E-state index is 0.0575. The summed E-state index contributed by atoms with van der Waals surface area (Å²) >= 11 is 0. The Morgan fingerprint density at radius 3 is 2.48 bits per heavy atom. The molecule has 126 valence electrons. The van der Waals surface area contributed by atoms with Crippen molar-refractivity contribution in [1.29, 1.82) is 0 Å². The van der Waals surface area contributed by atoms with Gasteiger partial charge in [0.2, 0.25) is 0 Å². The van der Waals surface area contributed by atoms with Gasteiger partial charge >= 0.3 is 12.1 Å². The first-order valence-electron chi connectivity index (χ1n) is 7.63. The number of anilines is 1. The molecule has 1 amide bonds. The Morgan fingerprint density at radius 1 is 1.08 bits per heavy atom. The molecule has 0 bridgehead atoms. The summed E-state index contributed by atoms with van der Waals surface area (Å²) in [5, 5.41) is 10.0. The van der Waals surface area contributed by atoms with Gasteiger partial charge in [0.05, 0.1) is 11.2 Å². The van der Waals surface area contributed by atoms with Crippen molar-refractivity contribution in [2.75, 3.05) is 11.9 Å². The number of carboxylic acid groups (broad SMARTS) is 1. The highest BCUT2D eigenvalue weighted by molar-refractivity contribution is 6.09. The summed E-state index contributed by atoms with van der Waals surface area (Å²) in [5.41, 5.74) is 1.65. The van der Waals surface area contributed by atoms with Gasteiger partial charge in [-0.25, -0.2) is 9.59 Å². The third-order valence-corrected chi connectivity index (χ3v) is 3.79. The van der Waals surface area contributed by atoms with E-state index in [2.05, 4.69) is 4.98 Å². The summed E-state index contributed by atoms with van der Waals surface area (Å²) in [6.07, 6.45) is 0.615. The molecular formula is C19H16N2O4. The molecule has 6 heteroatoms. The second-order valence-corrected chi connectivity index (χ2v) is 5.44. The molecule has 0 aliphatic rings. The molecule has 0 unspecified atom stereocenters. The van der Waals surface area contributed by atoms with Crippen molar-refractivity contribution in [2.45, 2.75) is 6.61 Å². The van der Waals surface area contributed by atoms with Crippen LogP contribution in [-0.4, -0.2) is 29.2 Å². The largest absolute Gasteiger partial charge is 0.478 e. The molecule has 2 aromatic carbocycles. The van der Waals surface area contributed by atoms with Crippen LogP contribution in [0.3, 0.4) is 0 Å². The van der Waals surface area contributed by atoms with E-state index < -0.39 is 12.1 Å². The van der Waals surface area contributed by atoms with E-state index in [1.807, 2.05) is 30.3 Å². The fourth-order valence-electron chi connectivity index (χ4n) is 2.55. The molecule has 0 aliphatic heterocycles. The molecule has 6 nitrogen and oxygen atoms in total. The van der Waals surface area contributed by atoms with Gasteiger partial charge in [0, 0.05) is 18.6 Å². The fourth-order valence-corrected chi connectivity index (χ4v) is 2.55. The van der Waals surface area contributed by atoms with E-state index in [4.69, 9.17) is 4.74 Å². The molecule has 3 rings (SSSR count). The highest BCUT2D eigenvalue weighted by atomic mass is 16.6. The average Bonchev–Trinajstić information content (AvgIpc) is 2.65. The minimum Gasteiger partial charge on any atom is -0.478 e. The molecule has 25 heavy (non-hydrogen) atoms. The lowest BCUT2D eigenvalue weighted by molar-refractivity contribution is 0.0697. The standard InChI is InChI=1S/C19H16N2O4/c1-21(19(24)25-12-13-7-3-2-4-8-13)17-14-9-5-6-10-16(14)20-11-15(17)18(22)23/h2-11H,12H2,1H3,(H,22,23). The monoisotopic (exact) mass is 336 g/mol. The first-order chi connectivity index (χ1) is 12.1. The number of carboxylic acids is 1. The summed E-state index contributed by atoms with van der Waals surface area (Å²) in [4.78, 5) is 29.3. The quantitative estimate of drug-likeness (QED) is 0.786. The maximum absolute atomic E-state index is 12.4. The van der Waals surface area contributed by atoms with E-state index in [1.165, 1.54) is 18.1 Å². The van der Waals surface area contributed by atoms with E-state index in [-0.39, 0.29) is 17.9 Å². The number of aromatic nitrogens is 1. The highest BCUT2D eigenvalue weighted by Crippen LogP contribution is 2.29. The van der Waals surface area contributed by atoms with Crippen LogP contribution >= 0.6 is 0 Å². The number of benzene rings is 2. The number of fused-ring (bicyclic) bond motifs is 1. The van der Waals surface area contributed by atoms with E-state index in [9.17, 15) is 14.7 Å². The van der Waals surface area contributed by atoms with Crippen molar-refractivity contribution in [3.8, 4) is 0 Å². The van der Waals surface area contributed by atoms with Gasteiger partial charge in [0.1, 0.15) is 12.2 Å². The van der Waals surface area contributed by atoms with Crippen molar-refractivity contribution >= 4 is 28.7 Å². The Labute approximate surface area is 144 Å². The lowest BCUT2D eigenvalue weighted by Crippen LogP contribution is -2.29. The molecule has 3 aromatic rings. The van der Waals surface area contributed by atoms with Crippen LogP contribution < -0.4 is 4.90 Å². The zero-order valence-corrected chi connectivity index (χ0v) is 13.5. The zero-order valence-electron chi connectivity index (χ0n) is 13.5. The molecule has 1 N–H and O–H groups in total. The normalized spacial score (nSPS) is 10.4. The second kappa shape index (κ2) is 7.00. The van der Waals surface area contributed by atoms with Crippen LogP contribution in [0.15, 0.2) is 60.8 Å². The van der Waals surface area contributed by atoms with Gasteiger partial charge in [-0.15, -0.1) is 0 Å². The molecule has 0 atom stereocenters. The van der Waals surface area contributed by atoms with Gasteiger partial charge < -0.3 is 9.84 Å². The predicted octanol–water partition coefficient (Wildman–Crippen LogP) is 3.71. The van der Waals surface area contributed by atoms with Crippen LogP contribution in [0.5, 0.6) is 0 Å². The number of amides is 1. The number of pyridine rings is 1. The van der Waals surface area contributed by atoms with Crippen LogP contribution in [0, 0.1) is 0 Å². The topological polar surface area (TPSA) is 79.7 Å². The number of hydrogen-bond donors (Lipinski definition) is 1. The number of rotatable bonds is 4. The predicted molar refractivity (Wildman–Crippen MR) is 93.7 cm³/mol. The smallest absolute Gasteiger partial charge is 0.414 e. The second-order valence-electron chi connectivity index (χ2n) is 5.44. The summed E-state index contributed by atoms with van der Waals surface area (Å²) < 4.78 is 5.30. The number of ether oxygens (including phenoxy) is 1. The lowest BCUT2D eigenvalue weighted by atomic mass is 10.1. The number of nitrogens with zero attached hydrogens (tertiary/aromatic N) is 2. The summed E-state index contributed by atoms with van der Waals surface area (Å²) in [5.74, 6) is -1.16.